The van der Waals surface area contributed by atoms with Gasteiger partial charge < -0.3 is 5.32 Å². The van der Waals surface area contributed by atoms with E-state index < -0.39 is 17.2 Å². The van der Waals surface area contributed by atoms with Crippen LogP contribution in [0.5, 0.6) is 0 Å². The highest BCUT2D eigenvalue weighted by Crippen LogP contribution is 2.17. The molecule has 4 rings (SSSR count). The molecule has 0 saturated heterocycles. The minimum atomic E-state index is -0.586. The topological polar surface area (TPSA) is 96.9 Å². The van der Waals surface area contributed by atoms with Crippen molar-refractivity contribution in [1.29, 1.82) is 5.26 Å². The summed E-state index contributed by atoms with van der Waals surface area (Å²) in [5.74, 6) is -0.436. The van der Waals surface area contributed by atoms with Crippen molar-refractivity contribution in [3.05, 3.63) is 91.9 Å². The predicted octanol–water partition coefficient (Wildman–Crippen LogP) is 3.03. The van der Waals surface area contributed by atoms with Gasteiger partial charge >= 0.3 is 5.69 Å². The molecule has 0 aliphatic rings. The number of fused-ring (bicyclic) bond motifs is 1. The molecule has 0 spiro atoms. The summed E-state index contributed by atoms with van der Waals surface area (Å²) in [6.07, 6.45) is 0. The molecule has 1 amide bonds. The van der Waals surface area contributed by atoms with E-state index in [2.05, 4.69) is 5.32 Å². The number of aromatic nitrogens is 2. The Labute approximate surface area is 175 Å². The molecule has 2 heterocycles. The molecule has 7 nitrogen and oxygen atoms in total. The zero-order valence-corrected chi connectivity index (χ0v) is 16.8. The number of hydrogen-bond donors (Lipinski definition) is 1. The Morgan fingerprint density at radius 3 is 2.70 bits per heavy atom. The van der Waals surface area contributed by atoms with Crippen LogP contribution >= 0.6 is 11.3 Å². The van der Waals surface area contributed by atoms with Crippen molar-refractivity contribution < 1.29 is 4.79 Å². The van der Waals surface area contributed by atoms with Gasteiger partial charge in [0.15, 0.2) is 0 Å². The van der Waals surface area contributed by atoms with Crippen molar-refractivity contribution in [3.8, 4) is 11.8 Å². The summed E-state index contributed by atoms with van der Waals surface area (Å²) in [4.78, 5) is 38.8. The summed E-state index contributed by atoms with van der Waals surface area (Å²) in [6, 6.07) is 17.3. The number of rotatable bonds is 4. The maximum Gasteiger partial charge on any atom is 0.336 e. The number of nitrogens with zero attached hydrogens (tertiary/aromatic N) is 3. The number of thiophene rings is 1. The fourth-order valence-corrected chi connectivity index (χ4v) is 4.07. The average molecular weight is 416 g/mol. The van der Waals surface area contributed by atoms with Crippen molar-refractivity contribution in [3.63, 3.8) is 0 Å². The fraction of sp³-hybridized carbons (Fsp3) is 0.0909. The van der Waals surface area contributed by atoms with Gasteiger partial charge in [0.1, 0.15) is 11.2 Å². The summed E-state index contributed by atoms with van der Waals surface area (Å²) < 4.78 is 2.78. The monoisotopic (exact) mass is 416 g/mol. The second-order valence-corrected chi connectivity index (χ2v) is 7.64. The van der Waals surface area contributed by atoms with Gasteiger partial charge in [-0.1, -0.05) is 18.2 Å². The highest BCUT2D eigenvalue weighted by Gasteiger charge is 2.17. The maximum absolute atomic E-state index is 13.2. The van der Waals surface area contributed by atoms with Gasteiger partial charge in [0.2, 0.25) is 5.91 Å². The molecule has 2 aromatic heterocycles. The molecule has 0 atom stereocenters. The van der Waals surface area contributed by atoms with Gasteiger partial charge in [0.25, 0.3) is 5.56 Å². The van der Waals surface area contributed by atoms with Crippen LogP contribution in [-0.2, 0) is 11.3 Å². The Hall–Kier alpha value is -3.96. The third kappa shape index (κ3) is 3.54. The van der Waals surface area contributed by atoms with Crippen LogP contribution in [0.2, 0.25) is 0 Å². The van der Waals surface area contributed by atoms with Crippen LogP contribution in [0.15, 0.2) is 69.6 Å². The molecule has 0 bridgehead atoms. The van der Waals surface area contributed by atoms with E-state index in [4.69, 9.17) is 5.26 Å². The lowest BCUT2D eigenvalue weighted by molar-refractivity contribution is -0.116. The highest BCUT2D eigenvalue weighted by atomic mass is 32.1. The number of carbonyl (C=O) groups is 1. The molecule has 2 aromatic carbocycles. The average Bonchev–Trinajstić information content (AvgIpc) is 3.22. The highest BCUT2D eigenvalue weighted by molar-refractivity contribution is 7.17. The normalized spacial score (nSPS) is 10.7. The molecular weight excluding hydrogens is 400 g/mol. The van der Waals surface area contributed by atoms with Crippen LogP contribution in [0.4, 0.5) is 5.69 Å². The van der Waals surface area contributed by atoms with Crippen LogP contribution in [-0.4, -0.2) is 15.0 Å². The number of carbonyl (C=O) groups excluding carboxylic acids is 1. The van der Waals surface area contributed by atoms with Crippen LogP contribution in [0, 0.1) is 18.3 Å². The zero-order valence-electron chi connectivity index (χ0n) is 16.0. The van der Waals surface area contributed by atoms with E-state index in [0.717, 1.165) is 10.1 Å². The van der Waals surface area contributed by atoms with Gasteiger partial charge in [-0.05, 0) is 54.3 Å². The van der Waals surface area contributed by atoms with Gasteiger partial charge in [0.05, 0.1) is 22.8 Å². The number of nitriles is 1. The second-order valence-electron chi connectivity index (χ2n) is 6.72. The molecule has 0 aliphatic heterocycles. The molecule has 4 aromatic rings. The Bertz CT molecular complexity index is 1440. The number of aryl methyl sites for hydroxylation is 1. The molecule has 0 saturated carbocycles. The minimum Gasteiger partial charge on any atom is -0.324 e. The number of amides is 1. The number of anilines is 1. The largest absolute Gasteiger partial charge is 0.336 e. The summed E-state index contributed by atoms with van der Waals surface area (Å²) in [7, 11) is 0. The van der Waals surface area contributed by atoms with Crippen LogP contribution in [0.25, 0.3) is 15.9 Å². The first-order chi connectivity index (χ1) is 14.5. The summed E-state index contributed by atoms with van der Waals surface area (Å²) >= 11 is 1.23. The van der Waals surface area contributed by atoms with Crippen molar-refractivity contribution in [2.24, 2.45) is 0 Å². The van der Waals surface area contributed by atoms with E-state index >= 15 is 0 Å². The van der Waals surface area contributed by atoms with Gasteiger partial charge in [0, 0.05) is 5.69 Å². The predicted molar refractivity (Wildman–Crippen MR) is 116 cm³/mol. The van der Waals surface area contributed by atoms with Crippen molar-refractivity contribution in [1.82, 2.24) is 9.13 Å². The fourth-order valence-electron chi connectivity index (χ4n) is 3.25. The third-order valence-electron chi connectivity index (χ3n) is 4.59. The Morgan fingerprint density at radius 1 is 1.13 bits per heavy atom. The van der Waals surface area contributed by atoms with E-state index in [0.29, 0.717) is 27.2 Å². The van der Waals surface area contributed by atoms with E-state index in [1.54, 1.807) is 53.9 Å². The van der Waals surface area contributed by atoms with Crippen molar-refractivity contribution in [2.45, 2.75) is 13.5 Å². The van der Waals surface area contributed by atoms with Crippen LogP contribution in [0.1, 0.15) is 11.1 Å². The Kier molecular flexibility index (Phi) is 5.04. The van der Waals surface area contributed by atoms with Gasteiger partial charge in [-0.15, -0.1) is 11.3 Å². The molecule has 0 unspecified atom stereocenters. The van der Waals surface area contributed by atoms with E-state index in [9.17, 15) is 14.4 Å². The van der Waals surface area contributed by atoms with Crippen molar-refractivity contribution in [2.75, 3.05) is 5.32 Å². The molecule has 30 heavy (non-hydrogen) atoms. The number of benzene rings is 2. The molecule has 0 aliphatic carbocycles. The first-order valence-corrected chi connectivity index (χ1v) is 9.96. The minimum absolute atomic E-state index is 0.269. The molecule has 8 heteroatoms. The van der Waals surface area contributed by atoms with Gasteiger partial charge in [-0.25, -0.2) is 9.36 Å². The Balaban J connectivity index is 1.78. The van der Waals surface area contributed by atoms with E-state index in [1.807, 2.05) is 19.1 Å². The summed E-state index contributed by atoms with van der Waals surface area (Å²) in [6.45, 7) is 1.61. The lowest BCUT2D eigenvalue weighted by atomic mass is 10.2. The molecule has 1 N–H and O–H groups in total. The smallest absolute Gasteiger partial charge is 0.324 e. The quantitative estimate of drug-likeness (QED) is 0.553. The first kappa shape index (κ1) is 19.4. The van der Waals surface area contributed by atoms with Gasteiger partial charge in [-0.2, -0.15) is 5.26 Å². The lowest BCUT2D eigenvalue weighted by Gasteiger charge is -2.13. The number of nitrogens with one attached hydrogen (secondary N) is 1. The lowest BCUT2D eigenvalue weighted by Crippen LogP contribution is -2.40. The first-order valence-electron chi connectivity index (χ1n) is 9.08. The van der Waals surface area contributed by atoms with Gasteiger partial charge in [-0.3, -0.25) is 14.2 Å². The SMILES string of the molecule is Cc1cccc(-n2c(=O)c3sccc3n(CC(=O)Nc3cccc(C#N)c3)c2=O)c1. The molecule has 0 fully saturated rings. The maximum atomic E-state index is 13.2. The molecule has 148 valence electrons. The summed E-state index contributed by atoms with van der Waals surface area (Å²) in [5, 5.41) is 13.4. The van der Waals surface area contributed by atoms with E-state index in [1.165, 1.54) is 15.9 Å². The number of hydrogen-bond acceptors (Lipinski definition) is 5. The summed E-state index contributed by atoms with van der Waals surface area (Å²) in [5.41, 5.74) is 1.66. The van der Waals surface area contributed by atoms with E-state index in [-0.39, 0.29) is 6.54 Å². The van der Waals surface area contributed by atoms with Crippen LogP contribution in [0.3, 0.4) is 0 Å². The Morgan fingerprint density at radius 2 is 1.93 bits per heavy atom. The third-order valence-corrected chi connectivity index (χ3v) is 5.48. The van der Waals surface area contributed by atoms with Crippen LogP contribution < -0.4 is 16.6 Å². The zero-order chi connectivity index (χ0) is 21.3. The van der Waals surface area contributed by atoms with Crippen molar-refractivity contribution >= 4 is 33.1 Å². The second kappa shape index (κ2) is 7.81. The standard InChI is InChI=1S/C22H16N4O3S/c1-14-4-2-7-17(10-14)26-21(28)20-18(8-9-30-20)25(22(26)29)13-19(27)24-16-6-3-5-15(11-16)12-23/h2-11H,13H2,1H3,(H,24,27). The molecular formula is C22H16N4O3S. The molecule has 0 radical (unpaired) electrons.